The lowest BCUT2D eigenvalue weighted by Crippen LogP contribution is -1.99. The number of aliphatic imine (C=N–C) groups is 1. The molecule has 3 rings (SSSR count). The largest absolute Gasteiger partial charge is 0.367 e. The second-order valence-corrected chi connectivity index (χ2v) is 9.07. The van der Waals surface area contributed by atoms with E-state index in [1.165, 1.54) is 19.3 Å². The van der Waals surface area contributed by atoms with Crippen molar-refractivity contribution < 1.29 is 0 Å². The van der Waals surface area contributed by atoms with Gasteiger partial charge >= 0.3 is 0 Å². The van der Waals surface area contributed by atoms with Gasteiger partial charge in [-0.2, -0.15) is 0 Å². The zero-order valence-corrected chi connectivity index (χ0v) is 21.5. The van der Waals surface area contributed by atoms with Crippen molar-refractivity contribution in [2.45, 2.75) is 81.6 Å². The molecule has 3 heterocycles. The van der Waals surface area contributed by atoms with Crippen LogP contribution in [0, 0.1) is 18.8 Å². The van der Waals surface area contributed by atoms with E-state index in [9.17, 15) is 0 Å². The van der Waals surface area contributed by atoms with Crippen LogP contribution in [0.25, 0.3) is 16.8 Å². The number of nitrogens with zero attached hydrogens (tertiary/aromatic N) is 5. The van der Waals surface area contributed by atoms with E-state index >= 15 is 0 Å². The van der Waals surface area contributed by atoms with Gasteiger partial charge < -0.3 is 5.73 Å². The second kappa shape index (κ2) is 13.6. The molecule has 0 aromatic carbocycles. The average Bonchev–Trinajstić information content (AvgIpc) is 3.12. The summed E-state index contributed by atoms with van der Waals surface area (Å²) in [7, 11) is 0. The van der Waals surface area contributed by atoms with Crippen LogP contribution in [-0.2, 0) is 0 Å². The van der Waals surface area contributed by atoms with E-state index < -0.39 is 0 Å². The van der Waals surface area contributed by atoms with Crippen molar-refractivity contribution in [3.8, 4) is 11.3 Å². The maximum Gasteiger partial charge on any atom is 0.238 e. The molecule has 0 saturated carbocycles. The highest BCUT2D eigenvalue weighted by molar-refractivity contribution is 5.83. The van der Waals surface area contributed by atoms with Crippen LogP contribution in [-0.4, -0.2) is 25.3 Å². The Hall–Kier alpha value is -2.76. The summed E-state index contributed by atoms with van der Waals surface area (Å²) in [5.74, 6) is 2.03. The van der Waals surface area contributed by atoms with Gasteiger partial charge in [-0.1, -0.05) is 60.8 Å². The first-order valence-corrected chi connectivity index (χ1v) is 11.7. The van der Waals surface area contributed by atoms with Crippen molar-refractivity contribution in [1.29, 1.82) is 0 Å². The van der Waals surface area contributed by atoms with Crippen molar-refractivity contribution in [3.63, 3.8) is 0 Å². The summed E-state index contributed by atoms with van der Waals surface area (Å²) >= 11 is 0. The highest BCUT2D eigenvalue weighted by Crippen LogP contribution is 2.27. The van der Waals surface area contributed by atoms with Crippen LogP contribution in [0.2, 0.25) is 0 Å². The standard InChI is InChI=1S/C15H16N6.C7H16.C4H10/c1-9(2)18-12-4-5-13(19-10(12)3)11-6-7-21-14(11)8-17-15(16)20-21;1-4-6-7(3)5-2;1-4(2)3/h4-8H,1-3H3,(H2,16,20);7H,4-6H2,1-3H3;4H,1-3H3. The van der Waals surface area contributed by atoms with Gasteiger partial charge in [0.1, 0.15) is 0 Å². The molecule has 6 nitrogen and oxygen atoms in total. The van der Waals surface area contributed by atoms with E-state index in [0.717, 1.165) is 45.7 Å². The Morgan fingerprint density at radius 3 is 2.25 bits per heavy atom. The number of hydrogen-bond acceptors (Lipinski definition) is 5. The molecule has 0 bridgehead atoms. The molecule has 0 aliphatic heterocycles. The third kappa shape index (κ3) is 9.16. The molecule has 1 unspecified atom stereocenters. The van der Waals surface area contributed by atoms with Gasteiger partial charge in [-0.3, -0.25) is 9.98 Å². The van der Waals surface area contributed by atoms with E-state index in [1.54, 1.807) is 10.7 Å². The Labute approximate surface area is 194 Å². The molecular formula is C26H42N6. The van der Waals surface area contributed by atoms with Gasteiger partial charge in [0.25, 0.3) is 0 Å². The molecule has 0 fully saturated rings. The van der Waals surface area contributed by atoms with Crippen molar-refractivity contribution in [3.05, 3.63) is 36.3 Å². The number of aryl methyl sites for hydroxylation is 1. The first-order chi connectivity index (χ1) is 15.1. The van der Waals surface area contributed by atoms with Gasteiger partial charge in [0.05, 0.1) is 28.8 Å². The minimum atomic E-state index is 0.247. The quantitative estimate of drug-likeness (QED) is 0.424. The summed E-state index contributed by atoms with van der Waals surface area (Å²) in [4.78, 5) is 13.1. The minimum Gasteiger partial charge on any atom is -0.367 e. The SMILES string of the molecule is CC(C)=Nc1ccc(-c2ccn3nc(N)ncc23)nc1C.CC(C)C.CCCC(C)CC. The Kier molecular flexibility index (Phi) is 11.6. The molecular weight excluding hydrogens is 396 g/mol. The van der Waals surface area contributed by atoms with Crippen LogP contribution in [0.15, 0.2) is 35.6 Å². The molecule has 6 heteroatoms. The molecule has 0 aliphatic rings. The molecule has 3 aromatic rings. The second-order valence-electron chi connectivity index (χ2n) is 9.07. The molecule has 1 atom stereocenters. The predicted molar refractivity (Wildman–Crippen MR) is 139 cm³/mol. The summed E-state index contributed by atoms with van der Waals surface area (Å²) in [6.07, 6.45) is 7.64. The minimum absolute atomic E-state index is 0.247. The molecule has 3 aromatic heterocycles. The average molecular weight is 439 g/mol. The summed E-state index contributed by atoms with van der Waals surface area (Å²) < 4.78 is 1.71. The predicted octanol–water partition coefficient (Wildman–Crippen LogP) is 7.29. The molecule has 176 valence electrons. The third-order valence-electron chi connectivity index (χ3n) is 4.59. The highest BCUT2D eigenvalue weighted by atomic mass is 15.3. The zero-order chi connectivity index (χ0) is 24.3. The molecule has 0 radical (unpaired) electrons. The first kappa shape index (κ1) is 27.3. The molecule has 0 amide bonds. The van der Waals surface area contributed by atoms with Crippen LogP contribution >= 0.6 is 0 Å². The highest BCUT2D eigenvalue weighted by Gasteiger charge is 2.09. The lowest BCUT2D eigenvalue weighted by molar-refractivity contribution is 0.509. The molecule has 0 spiro atoms. The number of anilines is 1. The van der Waals surface area contributed by atoms with Gasteiger partial charge in [-0.15, -0.1) is 5.10 Å². The van der Waals surface area contributed by atoms with E-state index in [-0.39, 0.29) is 5.95 Å². The number of rotatable bonds is 5. The van der Waals surface area contributed by atoms with E-state index in [0.29, 0.717) is 0 Å². The van der Waals surface area contributed by atoms with E-state index in [1.807, 2.05) is 45.2 Å². The lowest BCUT2D eigenvalue weighted by Gasteiger charge is -2.04. The normalized spacial score (nSPS) is 11.3. The van der Waals surface area contributed by atoms with Crippen molar-refractivity contribution >= 4 is 22.9 Å². The maximum absolute atomic E-state index is 5.59. The van der Waals surface area contributed by atoms with Crippen LogP contribution in [0.4, 0.5) is 11.6 Å². The van der Waals surface area contributed by atoms with Crippen molar-refractivity contribution in [2.24, 2.45) is 16.8 Å². The Morgan fingerprint density at radius 1 is 1.09 bits per heavy atom. The Bertz CT molecular complexity index is 980. The van der Waals surface area contributed by atoms with Crippen molar-refractivity contribution in [2.75, 3.05) is 5.73 Å². The topological polar surface area (TPSA) is 81.5 Å². The van der Waals surface area contributed by atoms with Gasteiger partial charge in [-0.05, 0) is 50.8 Å². The monoisotopic (exact) mass is 438 g/mol. The number of nitrogen functional groups attached to an aromatic ring is 1. The van der Waals surface area contributed by atoms with Crippen molar-refractivity contribution in [1.82, 2.24) is 19.6 Å². The summed E-state index contributed by atoms with van der Waals surface area (Å²) in [6.45, 7) is 19.2. The smallest absolute Gasteiger partial charge is 0.238 e. The van der Waals surface area contributed by atoms with E-state index in [2.05, 4.69) is 61.6 Å². The number of nitrogens with two attached hydrogens (primary N) is 1. The van der Waals surface area contributed by atoms with Crippen LogP contribution < -0.4 is 5.73 Å². The summed E-state index contributed by atoms with van der Waals surface area (Å²) in [5, 5.41) is 4.13. The van der Waals surface area contributed by atoms with Gasteiger partial charge in [0.15, 0.2) is 0 Å². The van der Waals surface area contributed by atoms with Crippen LogP contribution in [0.1, 0.15) is 80.3 Å². The van der Waals surface area contributed by atoms with E-state index in [4.69, 9.17) is 5.73 Å². The summed E-state index contributed by atoms with van der Waals surface area (Å²) in [5.41, 5.74) is 11.1. The number of fused-ring (bicyclic) bond motifs is 1. The fraction of sp³-hybridized carbons (Fsp3) is 0.538. The Morgan fingerprint density at radius 2 is 1.75 bits per heavy atom. The fourth-order valence-corrected chi connectivity index (χ4v) is 2.89. The first-order valence-electron chi connectivity index (χ1n) is 11.7. The lowest BCUT2D eigenvalue weighted by atomic mass is 10.0. The fourth-order valence-electron chi connectivity index (χ4n) is 2.89. The van der Waals surface area contributed by atoms with Gasteiger partial charge in [-0.25, -0.2) is 9.50 Å². The number of aromatic nitrogens is 4. The molecule has 2 N–H and O–H groups in total. The maximum atomic E-state index is 5.59. The zero-order valence-electron chi connectivity index (χ0n) is 21.5. The molecule has 0 aliphatic carbocycles. The van der Waals surface area contributed by atoms with Crippen LogP contribution in [0.3, 0.4) is 0 Å². The number of pyridine rings is 1. The third-order valence-corrected chi connectivity index (χ3v) is 4.59. The molecule has 32 heavy (non-hydrogen) atoms. The Balaban J connectivity index is 0.000000390. The van der Waals surface area contributed by atoms with Gasteiger partial charge in [0, 0.05) is 17.5 Å². The molecule has 0 saturated heterocycles. The van der Waals surface area contributed by atoms with Gasteiger partial charge in [0.2, 0.25) is 5.95 Å². The number of hydrogen-bond donors (Lipinski definition) is 1. The van der Waals surface area contributed by atoms with Crippen LogP contribution in [0.5, 0.6) is 0 Å². The summed E-state index contributed by atoms with van der Waals surface area (Å²) in [6, 6.07) is 5.89.